The average Bonchev–Trinajstić information content (AvgIpc) is 2.44. The highest BCUT2D eigenvalue weighted by Crippen LogP contribution is 2.25. The number of rotatable bonds is 4. The molecule has 2 aromatic rings. The minimum atomic E-state index is 0.514. The van der Waals surface area contributed by atoms with E-state index in [0.717, 1.165) is 23.4 Å². The molecule has 0 saturated carbocycles. The molecule has 19 heavy (non-hydrogen) atoms. The van der Waals surface area contributed by atoms with Crippen molar-refractivity contribution < 1.29 is 0 Å². The predicted octanol–water partition coefficient (Wildman–Crippen LogP) is 5.22. The summed E-state index contributed by atoms with van der Waals surface area (Å²) in [5, 5.41) is 5.47. The number of nitrogens with one attached hydrogen (secondary N) is 1. The van der Waals surface area contributed by atoms with Crippen molar-refractivity contribution in [1.29, 1.82) is 0 Å². The molecule has 4 heteroatoms. The maximum Gasteiger partial charge on any atom is 0.0676 e. The van der Waals surface area contributed by atoms with Gasteiger partial charge in [0.1, 0.15) is 0 Å². The van der Waals surface area contributed by atoms with Crippen LogP contribution >= 0.6 is 23.2 Å². The number of anilines is 1. The van der Waals surface area contributed by atoms with Gasteiger partial charge in [-0.15, -0.1) is 0 Å². The Morgan fingerprint density at radius 3 is 2.42 bits per heavy atom. The molecule has 0 aliphatic heterocycles. The third-order valence-electron chi connectivity index (χ3n) is 2.68. The molecule has 2 aromatic carbocycles. The number of benzene rings is 2. The van der Waals surface area contributed by atoms with Gasteiger partial charge in [0.15, 0.2) is 0 Å². The van der Waals surface area contributed by atoms with Crippen molar-refractivity contribution in [2.45, 2.75) is 13.3 Å². The van der Waals surface area contributed by atoms with Crippen LogP contribution in [-0.4, -0.2) is 5.71 Å². The lowest BCUT2D eigenvalue weighted by Gasteiger charge is -2.06. The molecular formula is C15H14Cl2N2. The first-order chi connectivity index (χ1) is 9.20. The predicted molar refractivity (Wildman–Crippen MR) is 83.4 cm³/mol. The summed E-state index contributed by atoms with van der Waals surface area (Å²) in [5.41, 5.74) is 5.92. The molecule has 0 aliphatic rings. The molecule has 0 heterocycles. The van der Waals surface area contributed by atoms with Gasteiger partial charge in [0.05, 0.1) is 21.4 Å². The van der Waals surface area contributed by atoms with Crippen LogP contribution in [0.5, 0.6) is 0 Å². The number of hydrazone groups is 1. The lowest BCUT2D eigenvalue weighted by atomic mass is 10.1. The van der Waals surface area contributed by atoms with Gasteiger partial charge >= 0.3 is 0 Å². The van der Waals surface area contributed by atoms with Crippen LogP contribution in [0.25, 0.3) is 0 Å². The second kappa shape index (κ2) is 6.60. The molecule has 1 N–H and O–H groups in total. The molecule has 98 valence electrons. The average molecular weight is 293 g/mol. The zero-order valence-corrected chi connectivity index (χ0v) is 12.0. The fourth-order valence-electron chi connectivity index (χ4n) is 1.68. The van der Waals surface area contributed by atoms with E-state index >= 15 is 0 Å². The van der Waals surface area contributed by atoms with Gasteiger partial charge in [-0.3, -0.25) is 5.43 Å². The molecule has 0 amide bonds. The van der Waals surface area contributed by atoms with Gasteiger partial charge < -0.3 is 0 Å². The highest BCUT2D eigenvalue weighted by Gasteiger charge is 2.01. The molecule has 0 bridgehead atoms. The fourth-order valence-corrected chi connectivity index (χ4v) is 1.97. The lowest BCUT2D eigenvalue weighted by molar-refractivity contribution is 1.22. The Hall–Kier alpha value is -1.51. The van der Waals surface area contributed by atoms with Gasteiger partial charge in [0.25, 0.3) is 0 Å². The second-order valence-electron chi connectivity index (χ2n) is 4.02. The SMILES string of the molecule is CC/C(=N/Nc1ccc(Cl)c(Cl)c1)c1ccccc1. The van der Waals surface area contributed by atoms with E-state index in [1.165, 1.54) is 0 Å². The van der Waals surface area contributed by atoms with E-state index in [9.17, 15) is 0 Å². The minimum Gasteiger partial charge on any atom is -0.278 e. The van der Waals surface area contributed by atoms with Crippen LogP contribution in [0.1, 0.15) is 18.9 Å². The normalized spacial score (nSPS) is 11.4. The quantitative estimate of drug-likeness (QED) is 0.606. The van der Waals surface area contributed by atoms with Crippen LogP contribution in [0.15, 0.2) is 53.6 Å². The Morgan fingerprint density at radius 2 is 1.79 bits per heavy atom. The van der Waals surface area contributed by atoms with Crippen molar-refractivity contribution in [3.8, 4) is 0 Å². The number of hydrogen-bond donors (Lipinski definition) is 1. The molecule has 0 atom stereocenters. The van der Waals surface area contributed by atoms with E-state index in [4.69, 9.17) is 23.2 Å². The smallest absolute Gasteiger partial charge is 0.0676 e. The van der Waals surface area contributed by atoms with Crippen molar-refractivity contribution in [3.05, 3.63) is 64.1 Å². The van der Waals surface area contributed by atoms with Crippen LogP contribution in [0.3, 0.4) is 0 Å². The van der Waals surface area contributed by atoms with Crippen molar-refractivity contribution in [2.24, 2.45) is 5.10 Å². The summed E-state index contributed by atoms with van der Waals surface area (Å²) in [4.78, 5) is 0. The molecule has 2 rings (SSSR count). The second-order valence-corrected chi connectivity index (χ2v) is 4.83. The minimum absolute atomic E-state index is 0.514. The van der Waals surface area contributed by atoms with E-state index in [1.807, 2.05) is 36.4 Å². The van der Waals surface area contributed by atoms with Crippen LogP contribution in [0, 0.1) is 0 Å². The molecule has 0 spiro atoms. The maximum atomic E-state index is 5.96. The summed E-state index contributed by atoms with van der Waals surface area (Å²) in [5.74, 6) is 0. The third kappa shape index (κ3) is 3.72. The largest absolute Gasteiger partial charge is 0.278 e. The Morgan fingerprint density at radius 1 is 1.05 bits per heavy atom. The summed E-state index contributed by atoms with van der Waals surface area (Å²) in [6.45, 7) is 2.07. The van der Waals surface area contributed by atoms with Gasteiger partial charge in [0, 0.05) is 0 Å². The molecule has 0 fully saturated rings. The van der Waals surface area contributed by atoms with Gasteiger partial charge in [-0.25, -0.2) is 0 Å². The number of halogens is 2. The van der Waals surface area contributed by atoms with Crippen LogP contribution < -0.4 is 5.43 Å². The zero-order valence-electron chi connectivity index (χ0n) is 10.5. The first-order valence-electron chi connectivity index (χ1n) is 6.03. The topological polar surface area (TPSA) is 24.4 Å². The van der Waals surface area contributed by atoms with E-state index in [1.54, 1.807) is 12.1 Å². The molecule has 0 aromatic heterocycles. The van der Waals surface area contributed by atoms with Crippen LogP contribution in [0.2, 0.25) is 10.0 Å². The third-order valence-corrected chi connectivity index (χ3v) is 3.42. The maximum absolute atomic E-state index is 5.96. The molecule has 0 saturated heterocycles. The van der Waals surface area contributed by atoms with Crippen molar-refractivity contribution in [2.75, 3.05) is 5.43 Å². The first kappa shape index (κ1) is 13.9. The summed E-state index contributed by atoms with van der Waals surface area (Å²) < 4.78 is 0. The molecule has 0 unspecified atom stereocenters. The molecule has 2 nitrogen and oxygen atoms in total. The Bertz CT molecular complexity index is 580. The van der Waals surface area contributed by atoms with Gasteiger partial charge in [-0.1, -0.05) is 60.5 Å². The van der Waals surface area contributed by atoms with Crippen LogP contribution in [-0.2, 0) is 0 Å². The zero-order chi connectivity index (χ0) is 13.7. The van der Waals surface area contributed by atoms with Crippen molar-refractivity contribution in [1.82, 2.24) is 0 Å². The lowest BCUT2D eigenvalue weighted by Crippen LogP contribution is -2.02. The monoisotopic (exact) mass is 292 g/mol. The molecule has 0 aliphatic carbocycles. The molecular weight excluding hydrogens is 279 g/mol. The standard InChI is InChI=1S/C15H14Cl2N2/c1-2-15(11-6-4-3-5-7-11)19-18-12-8-9-13(16)14(17)10-12/h3-10,18H,2H2,1H3/b19-15-. The van der Waals surface area contributed by atoms with E-state index in [-0.39, 0.29) is 0 Å². The summed E-state index contributed by atoms with van der Waals surface area (Å²) >= 11 is 11.8. The van der Waals surface area contributed by atoms with Gasteiger partial charge in [-0.05, 0) is 30.2 Å². The Kier molecular flexibility index (Phi) is 4.83. The van der Waals surface area contributed by atoms with E-state index in [0.29, 0.717) is 10.0 Å². The Balaban J connectivity index is 2.18. The van der Waals surface area contributed by atoms with Crippen molar-refractivity contribution >= 4 is 34.6 Å². The van der Waals surface area contributed by atoms with E-state index in [2.05, 4.69) is 17.5 Å². The van der Waals surface area contributed by atoms with Crippen molar-refractivity contribution in [3.63, 3.8) is 0 Å². The van der Waals surface area contributed by atoms with E-state index < -0.39 is 0 Å². The fraction of sp³-hybridized carbons (Fsp3) is 0.133. The molecule has 0 radical (unpaired) electrons. The summed E-state index contributed by atoms with van der Waals surface area (Å²) in [7, 11) is 0. The highest BCUT2D eigenvalue weighted by molar-refractivity contribution is 6.42. The number of nitrogens with zero attached hydrogens (tertiary/aromatic N) is 1. The van der Waals surface area contributed by atoms with Crippen LogP contribution in [0.4, 0.5) is 5.69 Å². The summed E-state index contributed by atoms with van der Waals surface area (Å²) in [6.07, 6.45) is 0.846. The highest BCUT2D eigenvalue weighted by atomic mass is 35.5. The summed E-state index contributed by atoms with van der Waals surface area (Å²) in [6, 6.07) is 15.4. The Labute approximate surface area is 123 Å². The number of hydrogen-bond acceptors (Lipinski definition) is 2. The van der Waals surface area contributed by atoms with Gasteiger partial charge in [-0.2, -0.15) is 5.10 Å². The van der Waals surface area contributed by atoms with Gasteiger partial charge in [0.2, 0.25) is 0 Å². The first-order valence-corrected chi connectivity index (χ1v) is 6.79.